The summed E-state index contributed by atoms with van der Waals surface area (Å²) < 4.78 is 5.98. The highest BCUT2D eigenvalue weighted by atomic mass is 16.5. The molecule has 1 aliphatic rings. The zero-order valence-electron chi connectivity index (χ0n) is 13.3. The number of hydrogen-bond donors (Lipinski definition) is 2. The lowest BCUT2D eigenvalue weighted by Crippen LogP contribution is -2.47. The standard InChI is InChI=1S/C17H22N4O2/c1-21(2)15-13(20-17-18-9-6-10-19-17)11-14(16(15)22)23-12-7-4-3-5-8-12/h3-10,13-16,22H,11H2,1-2H3,(H,18,19,20)/t13-,14-,15+,16+/m1/s1. The molecule has 122 valence electrons. The van der Waals surface area contributed by atoms with E-state index in [1.165, 1.54) is 0 Å². The molecule has 0 saturated heterocycles. The molecule has 0 bridgehead atoms. The summed E-state index contributed by atoms with van der Waals surface area (Å²) in [4.78, 5) is 10.4. The van der Waals surface area contributed by atoms with Crippen LogP contribution in [0.15, 0.2) is 48.8 Å². The number of anilines is 1. The summed E-state index contributed by atoms with van der Waals surface area (Å²) in [5.41, 5.74) is 0. The van der Waals surface area contributed by atoms with Crippen molar-refractivity contribution in [2.75, 3.05) is 19.4 Å². The van der Waals surface area contributed by atoms with Crippen molar-refractivity contribution in [1.29, 1.82) is 0 Å². The second-order valence-corrected chi connectivity index (χ2v) is 5.97. The summed E-state index contributed by atoms with van der Waals surface area (Å²) >= 11 is 0. The average Bonchev–Trinajstić information content (AvgIpc) is 2.85. The molecule has 1 saturated carbocycles. The summed E-state index contributed by atoms with van der Waals surface area (Å²) in [6.45, 7) is 0. The third-order valence-corrected chi connectivity index (χ3v) is 4.14. The Hall–Kier alpha value is -2.18. The van der Waals surface area contributed by atoms with Crippen molar-refractivity contribution >= 4 is 5.95 Å². The van der Waals surface area contributed by atoms with Crippen molar-refractivity contribution in [2.45, 2.75) is 30.7 Å². The Labute approximate surface area is 136 Å². The van der Waals surface area contributed by atoms with Gasteiger partial charge in [0.1, 0.15) is 18.0 Å². The number of nitrogens with zero attached hydrogens (tertiary/aromatic N) is 3. The van der Waals surface area contributed by atoms with Gasteiger partial charge in [-0.1, -0.05) is 18.2 Å². The molecule has 2 N–H and O–H groups in total. The Bertz CT molecular complexity index is 609. The van der Waals surface area contributed by atoms with Crippen LogP contribution in [0.1, 0.15) is 6.42 Å². The van der Waals surface area contributed by atoms with E-state index in [2.05, 4.69) is 15.3 Å². The Balaban J connectivity index is 1.74. The summed E-state index contributed by atoms with van der Waals surface area (Å²) in [5, 5.41) is 14.0. The number of aromatic nitrogens is 2. The number of rotatable bonds is 5. The van der Waals surface area contributed by atoms with Gasteiger partial charge in [-0.2, -0.15) is 0 Å². The summed E-state index contributed by atoms with van der Waals surface area (Å²) in [6.07, 6.45) is 3.21. The van der Waals surface area contributed by atoms with Crippen molar-refractivity contribution < 1.29 is 9.84 Å². The molecule has 4 atom stereocenters. The van der Waals surface area contributed by atoms with E-state index in [0.29, 0.717) is 12.4 Å². The highest BCUT2D eigenvalue weighted by Gasteiger charge is 2.45. The van der Waals surface area contributed by atoms with Crippen LogP contribution in [0.4, 0.5) is 5.95 Å². The average molecular weight is 314 g/mol. The minimum atomic E-state index is -0.591. The maximum absolute atomic E-state index is 10.7. The van der Waals surface area contributed by atoms with E-state index >= 15 is 0 Å². The van der Waals surface area contributed by atoms with Crippen molar-refractivity contribution in [1.82, 2.24) is 14.9 Å². The summed E-state index contributed by atoms with van der Waals surface area (Å²) in [6, 6.07) is 11.3. The third-order valence-electron chi connectivity index (χ3n) is 4.14. The minimum absolute atomic E-state index is 0.0103. The van der Waals surface area contributed by atoms with Gasteiger partial charge in [-0.3, -0.25) is 0 Å². The molecule has 3 rings (SSSR count). The summed E-state index contributed by atoms with van der Waals surface area (Å²) in [7, 11) is 3.92. The normalized spacial score (nSPS) is 27.1. The quantitative estimate of drug-likeness (QED) is 0.869. The van der Waals surface area contributed by atoms with Crippen LogP contribution in [0.3, 0.4) is 0 Å². The van der Waals surface area contributed by atoms with E-state index in [9.17, 15) is 5.11 Å². The molecule has 2 aromatic rings. The van der Waals surface area contributed by atoms with Crippen LogP contribution in [-0.4, -0.2) is 58.4 Å². The first-order valence-electron chi connectivity index (χ1n) is 7.75. The van der Waals surface area contributed by atoms with E-state index in [1.807, 2.05) is 49.3 Å². The van der Waals surface area contributed by atoms with Gasteiger partial charge in [-0.25, -0.2) is 9.97 Å². The van der Waals surface area contributed by atoms with Crippen LogP contribution in [0, 0.1) is 0 Å². The van der Waals surface area contributed by atoms with E-state index in [1.54, 1.807) is 18.5 Å². The second kappa shape index (κ2) is 6.93. The van der Waals surface area contributed by atoms with Crippen LogP contribution in [0.25, 0.3) is 0 Å². The molecule has 1 fully saturated rings. The van der Waals surface area contributed by atoms with E-state index in [4.69, 9.17) is 4.74 Å². The van der Waals surface area contributed by atoms with Gasteiger partial charge in [0, 0.05) is 18.8 Å². The summed E-state index contributed by atoms with van der Waals surface area (Å²) in [5.74, 6) is 1.34. The molecule has 1 aromatic heterocycles. The van der Waals surface area contributed by atoms with Crippen molar-refractivity contribution in [3.8, 4) is 5.75 Å². The smallest absolute Gasteiger partial charge is 0.222 e. The van der Waals surface area contributed by atoms with Crippen molar-refractivity contribution in [2.24, 2.45) is 0 Å². The van der Waals surface area contributed by atoms with Gasteiger partial charge in [0.15, 0.2) is 0 Å². The number of nitrogens with one attached hydrogen (secondary N) is 1. The van der Waals surface area contributed by atoms with Crippen LogP contribution >= 0.6 is 0 Å². The van der Waals surface area contributed by atoms with Gasteiger partial charge >= 0.3 is 0 Å². The van der Waals surface area contributed by atoms with Crippen LogP contribution in [0.5, 0.6) is 5.75 Å². The Morgan fingerprint density at radius 1 is 1.13 bits per heavy atom. The minimum Gasteiger partial charge on any atom is -0.488 e. The predicted octanol–water partition coefficient (Wildman–Crippen LogP) is 1.40. The lowest BCUT2D eigenvalue weighted by molar-refractivity contribution is 0.0225. The third kappa shape index (κ3) is 3.60. The van der Waals surface area contributed by atoms with Gasteiger partial charge in [-0.15, -0.1) is 0 Å². The predicted molar refractivity (Wildman–Crippen MR) is 88.4 cm³/mol. The molecule has 1 heterocycles. The van der Waals surface area contributed by atoms with Crippen molar-refractivity contribution in [3.05, 3.63) is 48.8 Å². The number of aliphatic hydroxyl groups is 1. The molecule has 6 nitrogen and oxygen atoms in total. The van der Waals surface area contributed by atoms with Gasteiger partial charge in [0.25, 0.3) is 0 Å². The van der Waals surface area contributed by atoms with Gasteiger partial charge in [0.05, 0.1) is 12.1 Å². The largest absolute Gasteiger partial charge is 0.488 e. The van der Waals surface area contributed by atoms with Gasteiger partial charge in [0.2, 0.25) is 5.95 Å². The Kier molecular flexibility index (Phi) is 4.73. The molecule has 6 heteroatoms. The second-order valence-electron chi connectivity index (χ2n) is 5.97. The fourth-order valence-corrected chi connectivity index (χ4v) is 3.13. The number of likely N-dealkylation sites (N-methyl/N-ethyl adjacent to an activating group) is 1. The number of hydrogen-bond acceptors (Lipinski definition) is 6. The van der Waals surface area contributed by atoms with Gasteiger partial charge in [-0.05, 0) is 32.3 Å². The first-order valence-corrected chi connectivity index (χ1v) is 7.75. The van der Waals surface area contributed by atoms with Gasteiger partial charge < -0.3 is 20.1 Å². The Morgan fingerprint density at radius 3 is 2.48 bits per heavy atom. The number of ether oxygens (including phenoxy) is 1. The maximum atomic E-state index is 10.7. The number of para-hydroxylation sites is 1. The molecular formula is C17H22N4O2. The topological polar surface area (TPSA) is 70.5 Å². The van der Waals surface area contributed by atoms with E-state index < -0.39 is 6.10 Å². The molecule has 0 aliphatic heterocycles. The van der Waals surface area contributed by atoms with Crippen LogP contribution in [-0.2, 0) is 0 Å². The molecule has 0 amide bonds. The molecule has 1 aliphatic carbocycles. The fraction of sp³-hybridized carbons (Fsp3) is 0.412. The molecule has 23 heavy (non-hydrogen) atoms. The SMILES string of the molecule is CN(C)[C@@H]1[C@@H](O)[C@H](Oc2ccccc2)C[C@H]1Nc1ncccn1. The van der Waals surface area contributed by atoms with E-state index in [-0.39, 0.29) is 18.2 Å². The van der Waals surface area contributed by atoms with Crippen molar-refractivity contribution in [3.63, 3.8) is 0 Å². The maximum Gasteiger partial charge on any atom is 0.222 e. The Morgan fingerprint density at radius 2 is 1.83 bits per heavy atom. The molecule has 0 radical (unpaired) electrons. The first kappa shape index (κ1) is 15.7. The lowest BCUT2D eigenvalue weighted by atomic mass is 10.1. The number of aliphatic hydroxyl groups excluding tert-OH is 1. The molecule has 0 spiro atoms. The molecular weight excluding hydrogens is 292 g/mol. The lowest BCUT2D eigenvalue weighted by Gasteiger charge is -2.29. The van der Waals surface area contributed by atoms with Crippen LogP contribution in [0.2, 0.25) is 0 Å². The zero-order valence-corrected chi connectivity index (χ0v) is 13.3. The highest BCUT2D eigenvalue weighted by molar-refractivity contribution is 5.28. The number of benzene rings is 1. The molecule has 0 unspecified atom stereocenters. The zero-order chi connectivity index (χ0) is 16.2. The molecule has 1 aromatic carbocycles. The monoisotopic (exact) mass is 314 g/mol. The first-order chi connectivity index (χ1) is 11.1. The fourth-order valence-electron chi connectivity index (χ4n) is 3.13. The van der Waals surface area contributed by atoms with E-state index in [0.717, 1.165) is 5.75 Å². The van der Waals surface area contributed by atoms with Crippen LogP contribution < -0.4 is 10.1 Å². The highest BCUT2D eigenvalue weighted by Crippen LogP contribution is 2.29.